The van der Waals surface area contributed by atoms with Crippen LogP contribution in [0.2, 0.25) is 5.15 Å². The Morgan fingerprint density at radius 3 is 2.62 bits per heavy atom. The van der Waals surface area contributed by atoms with Crippen LogP contribution in [-0.2, 0) is 12.7 Å². The molecule has 2 aromatic rings. The van der Waals surface area contributed by atoms with E-state index in [4.69, 9.17) is 11.6 Å². The van der Waals surface area contributed by atoms with Crippen molar-refractivity contribution in [2.45, 2.75) is 37.3 Å². The lowest BCUT2D eigenvalue weighted by Crippen LogP contribution is -2.29. The summed E-state index contributed by atoms with van der Waals surface area (Å²) in [5.41, 5.74) is -0.146. The molecule has 1 atom stereocenters. The van der Waals surface area contributed by atoms with Crippen molar-refractivity contribution in [3.8, 4) is 0 Å². The number of pyridine rings is 1. The highest BCUT2D eigenvalue weighted by atomic mass is 35.5. The summed E-state index contributed by atoms with van der Waals surface area (Å²) in [6.45, 7) is 0. The fourth-order valence-corrected chi connectivity index (χ4v) is 3.17. The number of aromatic nitrogens is 4. The molecular formula is C15H16ClFN4. The lowest BCUT2D eigenvalue weighted by molar-refractivity contribution is 0.168. The minimum absolute atomic E-state index is 0.0501. The van der Waals surface area contributed by atoms with Crippen molar-refractivity contribution >= 4 is 11.6 Å². The monoisotopic (exact) mass is 306 g/mol. The van der Waals surface area contributed by atoms with E-state index in [0.29, 0.717) is 22.5 Å². The van der Waals surface area contributed by atoms with Crippen LogP contribution in [0.3, 0.4) is 0 Å². The molecule has 2 heterocycles. The van der Waals surface area contributed by atoms with Crippen molar-refractivity contribution in [3.05, 3.63) is 40.7 Å². The summed E-state index contributed by atoms with van der Waals surface area (Å²) in [4.78, 5) is 4.35. The lowest BCUT2D eigenvalue weighted by atomic mass is 9.89. The average Bonchev–Trinajstić information content (AvgIpc) is 3.35. The second kappa shape index (κ2) is 4.50. The number of alkyl halides is 1. The topological polar surface area (TPSA) is 43.6 Å². The number of aryl methyl sites for hydroxylation is 1. The summed E-state index contributed by atoms with van der Waals surface area (Å²) < 4.78 is 17.6. The van der Waals surface area contributed by atoms with E-state index < -0.39 is 5.67 Å². The maximum Gasteiger partial charge on any atom is 0.198 e. The standard InChI is InChI=1S/C15H16ClFN4/c1-21-8-18-20-14(21)15(17,10-4-5-10)11-6-12(9-2-3-9)19-13(16)7-11/h6-10H,2-5H2,1H3/t15-/m1/s1. The molecule has 0 N–H and O–H groups in total. The maximum atomic E-state index is 16.0. The zero-order valence-electron chi connectivity index (χ0n) is 11.8. The Morgan fingerprint density at radius 2 is 2.05 bits per heavy atom. The highest BCUT2D eigenvalue weighted by Crippen LogP contribution is 2.53. The molecule has 2 aromatic heterocycles. The average molecular weight is 307 g/mol. The summed E-state index contributed by atoms with van der Waals surface area (Å²) in [7, 11) is 1.77. The number of rotatable bonds is 4. The molecule has 4 rings (SSSR count). The van der Waals surface area contributed by atoms with E-state index in [1.165, 1.54) is 6.33 Å². The van der Waals surface area contributed by atoms with Gasteiger partial charge in [-0.2, -0.15) is 0 Å². The first kappa shape index (κ1) is 13.2. The van der Waals surface area contributed by atoms with Crippen LogP contribution < -0.4 is 0 Å². The van der Waals surface area contributed by atoms with Crippen molar-refractivity contribution in [1.82, 2.24) is 19.7 Å². The van der Waals surface area contributed by atoms with Gasteiger partial charge in [0.2, 0.25) is 0 Å². The van der Waals surface area contributed by atoms with Gasteiger partial charge < -0.3 is 4.57 Å². The zero-order chi connectivity index (χ0) is 14.6. The maximum absolute atomic E-state index is 16.0. The molecule has 0 unspecified atom stereocenters. The van der Waals surface area contributed by atoms with Gasteiger partial charge in [-0.1, -0.05) is 11.6 Å². The van der Waals surface area contributed by atoms with Crippen LogP contribution in [0.25, 0.3) is 0 Å². The van der Waals surface area contributed by atoms with Gasteiger partial charge in [-0.15, -0.1) is 10.2 Å². The number of hydrogen-bond acceptors (Lipinski definition) is 3. The van der Waals surface area contributed by atoms with Crippen molar-refractivity contribution in [2.75, 3.05) is 0 Å². The van der Waals surface area contributed by atoms with Crippen LogP contribution in [0.5, 0.6) is 0 Å². The SMILES string of the molecule is Cn1cnnc1[C@](F)(c1cc(Cl)nc(C2CC2)c1)C1CC1. The molecule has 0 bridgehead atoms. The largest absolute Gasteiger partial charge is 0.318 e. The van der Waals surface area contributed by atoms with Crippen molar-refractivity contribution in [2.24, 2.45) is 13.0 Å². The molecule has 21 heavy (non-hydrogen) atoms. The van der Waals surface area contributed by atoms with Crippen molar-refractivity contribution < 1.29 is 4.39 Å². The van der Waals surface area contributed by atoms with E-state index in [9.17, 15) is 0 Å². The van der Waals surface area contributed by atoms with E-state index >= 15 is 4.39 Å². The number of nitrogens with zero attached hydrogens (tertiary/aromatic N) is 4. The van der Waals surface area contributed by atoms with Gasteiger partial charge in [0, 0.05) is 30.1 Å². The lowest BCUT2D eigenvalue weighted by Gasteiger charge is -2.25. The van der Waals surface area contributed by atoms with Crippen molar-refractivity contribution in [1.29, 1.82) is 0 Å². The number of hydrogen-bond donors (Lipinski definition) is 0. The highest BCUT2D eigenvalue weighted by molar-refractivity contribution is 6.29. The third-order valence-electron chi connectivity index (χ3n) is 4.41. The third kappa shape index (κ3) is 2.14. The molecule has 0 aliphatic heterocycles. The van der Waals surface area contributed by atoms with Gasteiger partial charge >= 0.3 is 0 Å². The first-order chi connectivity index (χ1) is 10.1. The Balaban J connectivity index is 1.86. The molecule has 4 nitrogen and oxygen atoms in total. The Labute approximate surface area is 127 Å². The molecule has 0 aromatic carbocycles. The number of halogens is 2. The Bertz CT molecular complexity index is 693. The molecule has 6 heteroatoms. The molecule has 2 aliphatic carbocycles. The van der Waals surface area contributed by atoms with E-state index in [1.807, 2.05) is 6.07 Å². The van der Waals surface area contributed by atoms with E-state index in [1.54, 1.807) is 17.7 Å². The zero-order valence-corrected chi connectivity index (χ0v) is 12.5. The van der Waals surface area contributed by atoms with E-state index in [0.717, 1.165) is 31.4 Å². The molecule has 2 aliphatic rings. The summed E-state index contributed by atoms with van der Waals surface area (Å²) in [6.07, 6.45) is 5.49. The van der Waals surface area contributed by atoms with Gasteiger partial charge in [-0.05, 0) is 37.8 Å². The molecule has 0 spiro atoms. The molecule has 0 amide bonds. The predicted octanol–water partition coefficient (Wildman–Crippen LogP) is 3.36. The third-order valence-corrected chi connectivity index (χ3v) is 4.60. The van der Waals surface area contributed by atoms with Crippen LogP contribution in [0.4, 0.5) is 4.39 Å². The Hall–Kier alpha value is -1.49. The Morgan fingerprint density at radius 1 is 1.29 bits per heavy atom. The smallest absolute Gasteiger partial charge is 0.198 e. The quantitative estimate of drug-likeness (QED) is 0.814. The Kier molecular flexibility index (Phi) is 2.83. The van der Waals surface area contributed by atoms with Crippen LogP contribution in [0, 0.1) is 5.92 Å². The molecule has 0 saturated heterocycles. The van der Waals surface area contributed by atoms with Crippen LogP contribution in [-0.4, -0.2) is 19.7 Å². The van der Waals surface area contributed by atoms with Gasteiger partial charge in [-0.3, -0.25) is 0 Å². The second-order valence-electron chi connectivity index (χ2n) is 6.13. The van der Waals surface area contributed by atoms with Gasteiger partial charge in [0.1, 0.15) is 11.5 Å². The summed E-state index contributed by atoms with van der Waals surface area (Å²) in [5, 5.41) is 8.22. The minimum Gasteiger partial charge on any atom is -0.318 e. The summed E-state index contributed by atoms with van der Waals surface area (Å²) in [5.74, 6) is 0.741. The van der Waals surface area contributed by atoms with Gasteiger partial charge in [0.25, 0.3) is 0 Å². The fourth-order valence-electron chi connectivity index (χ4n) is 2.96. The van der Waals surface area contributed by atoms with E-state index in [2.05, 4.69) is 15.2 Å². The predicted molar refractivity (Wildman–Crippen MR) is 76.8 cm³/mol. The highest BCUT2D eigenvalue weighted by Gasteiger charge is 2.52. The molecule has 0 radical (unpaired) electrons. The van der Waals surface area contributed by atoms with Crippen molar-refractivity contribution in [3.63, 3.8) is 0 Å². The first-order valence-electron chi connectivity index (χ1n) is 7.30. The van der Waals surface area contributed by atoms with E-state index in [-0.39, 0.29) is 5.92 Å². The summed E-state index contributed by atoms with van der Waals surface area (Å²) >= 11 is 6.13. The first-order valence-corrected chi connectivity index (χ1v) is 7.68. The second-order valence-corrected chi connectivity index (χ2v) is 6.52. The fraction of sp³-hybridized carbons (Fsp3) is 0.533. The van der Waals surface area contributed by atoms with Gasteiger partial charge in [0.15, 0.2) is 11.5 Å². The van der Waals surface area contributed by atoms with Crippen LogP contribution in [0.15, 0.2) is 18.5 Å². The summed E-state index contributed by atoms with van der Waals surface area (Å²) in [6, 6.07) is 3.51. The minimum atomic E-state index is -1.62. The van der Waals surface area contributed by atoms with Crippen LogP contribution >= 0.6 is 11.6 Å². The molecule has 2 saturated carbocycles. The van der Waals surface area contributed by atoms with Gasteiger partial charge in [-0.25, -0.2) is 9.37 Å². The molecule has 110 valence electrons. The molecule has 2 fully saturated rings. The van der Waals surface area contributed by atoms with Crippen LogP contribution in [0.1, 0.15) is 48.7 Å². The normalized spacial score (nSPS) is 21.3. The molecular weight excluding hydrogens is 291 g/mol. The van der Waals surface area contributed by atoms with Gasteiger partial charge in [0.05, 0.1) is 0 Å².